The van der Waals surface area contributed by atoms with E-state index in [2.05, 4.69) is 5.10 Å². The first-order valence-electron chi connectivity index (χ1n) is 5.59. The Morgan fingerprint density at radius 1 is 1.42 bits per heavy atom. The lowest BCUT2D eigenvalue weighted by molar-refractivity contribution is -0.142. The van der Waals surface area contributed by atoms with Gasteiger partial charge in [0.05, 0.1) is 17.8 Å². The van der Waals surface area contributed by atoms with E-state index in [0.717, 1.165) is 5.01 Å². The molecule has 1 aromatic rings. The first kappa shape index (κ1) is 13.2. The summed E-state index contributed by atoms with van der Waals surface area (Å²) in [5.74, 6) is -1.83. The van der Waals surface area contributed by atoms with Crippen molar-refractivity contribution in [2.75, 3.05) is 5.01 Å². The number of hydrogen-bond donors (Lipinski definition) is 3. The first-order chi connectivity index (χ1) is 9.01. The Hall–Kier alpha value is -2.25. The highest BCUT2D eigenvalue weighted by Crippen LogP contribution is 2.28. The number of para-hydroxylation sites is 1. The lowest BCUT2D eigenvalue weighted by atomic mass is 9.91. The number of carbonyl (C=O) groups is 2. The molecular weight excluding hydrogens is 250 g/mol. The minimum absolute atomic E-state index is 0.200. The molecule has 1 amide bonds. The number of carboxylic acid groups (broad SMARTS) is 1. The van der Waals surface area contributed by atoms with Crippen molar-refractivity contribution in [1.29, 1.82) is 0 Å². The number of benzene rings is 1. The number of anilines is 1. The highest BCUT2D eigenvalue weighted by atomic mass is 16.5. The zero-order valence-corrected chi connectivity index (χ0v) is 10.2. The molecule has 0 radical (unpaired) electrons. The Morgan fingerprint density at radius 3 is 2.58 bits per heavy atom. The fourth-order valence-electron chi connectivity index (χ4n) is 1.96. The quantitative estimate of drug-likeness (QED) is 0.690. The second kappa shape index (κ2) is 4.79. The molecule has 0 fully saturated rings. The van der Waals surface area contributed by atoms with Gasteiger partial charge in [0.15, 0.2) is 5.54 Å². The normalized spacial score (nSPS) is 22.5. The Morgan fingerprint density at radius 2 is 2.05 bits per heavy atom. The summed E-state index contributed by atoms with van der Waals surface area (Å²) >= 11 is 0. The standard InChI is InChI=1S/C12H13N3O4/c1-8-12(14-19,7-10(16)17)11(18)15(13-8)9-5-3-2-4-6-9/h2-6,14,19H,7H2,1H3,(H,16,17). The van der Waals surface area contributed by atoms with Crippen LogP contribution in [0, 0.1) is 0 Å². The third-order valence-electron chi connectivity index (χ3n) is 3.03. The minimum atomic E-state index is -1.71. The van der Waals surface area contributed by atoms with Crippen LogP contribution in [0.1, 0.15) is 13.3 Å². The fraction of sp³-hybridized carbons (Fsp3) is 0.250. The van der Waals surface area contributed by atoms with Crippen LogP contribution in [0.3, 0.4) is 0 Å². The summed E-state index contributed by atoms with van der Waals surface area (Å²) < 4.78 is 0. The van der Waals surface area contributed by atoms with Crippen molar-refractivity contribution in [3.8, 4) is 0 Å². The summed E-state index contributed by atoms with van der Waals surface area (Å²) in [6.45, 7) is 1.49. The summed E-state index contributed by atoms with van der Waals surface area (Å²) in [6, 6.07) is 8.59. The fourth-order valence-corrected chi connectivity index (χ4v) is 1.96. The highest BCUT2D eigenvalue weighted by Gasteiger charge is 2.51. The molecule has 3 N–H and O–H groups in total. The number of aliphatic carboxylic acids is 1. The number of nitrogens with zero attached hydrogens (tertiary/aromatic N) is 2. The number of hydrogen-bond acceptors (Lipinski definition) is 5. The van der Waals surface area contributed by atoms with Crippen molar-refractivity contribution in [2.45, 2.75) is 18.9 Å². The molecule has 0 bridgehead atoms. The second-order valence-corrected chi connectivity index (χ2v) is 4.23. The summed E-state index contributed by atoms with van der Waals surface area (Å²) in [7, 11) is 0. The SMILES string of the molecule is CC1=NN(c2ccccc2)C(=O)C1(CC(=O)O)NO. The van der Waals surface area contributed by atoms with Gasteiger partial charge >= 0.3 is 5.97 Å². The van der Waals surface area contributed by atoms with Crippen LogP contribution in [0.2, 0.25) is 0 Å². The zero-order chi connectivity index (χ0) is 14.0. The monoisotopic (exact) mass is 263 g/mol. The Kier molecular flexibility index (Phi) is 3.32. The van der Waals surface area contributed by atoms with Crippen LogP contribution in [-0.4, -0.2) is 33.4 Å². The molecule has 19 heavy (non-hydrogen) atoms. The molecular formula is C12H13N3O4. The molecule has 1 heterocycles. The van der Waals surface area contributed by atoms with Gasteiger partial charge in [-0.2, -0.15) is 15.6 Å². The van der Waals surface area contributed by atoms with Gasteiger partial charge in [-0.15, -0.1) is 0 Å². The molecule has 1 unspecified atom stereocenters. The minimum Gasteiger partial charge on any atom is -0.481 e. The number of hydroxylamine groups is 1. The molecule has 7 nitrogen and oxygen atoms in total. The van der Waals surface area contributed by atoms with Crippen molar-refractivity contribution in [3.63, 3.8) is 0 Å². The van der Waals surface area contributed by atoms with Crippen LogP contribution in [0.15, 0.2) is 35.4 Å². The maximum atomic E-state index is 12.3. The molecule has 0 aliphatic carbocycles. The van der Waals surface area contributed by atoms with E-state index >= 15 is 0 Å². The van der Waals surface area contributed by atoms with Crippen molar-refractivity contribution >= 4 is 23.3 Å². The molecule has 1 aliphatic rings. The average Bonchev–Trinajstić information content (AvgIpc) is 2.64. The topological polar surface area (TPSA) is 102 Å². The highest BCUT2D eigenvalue weighted by molar-refractivity contribution is 6.23. The van der Waals surface area contributed by atoms with E-state index in [-0.39, 0.29) is 5.71 Å². The van der Waals surface area contributed by atoms with E-state index in [9.17, 15) is 14.8 Å². The first-order valence-corrected chi connectivity index (χ1v) is 5.59. The number of rotatable bonds is 4. The largest absolute Gasteiger partial charge is 0.481 e. The molecule has 1 atom stereocenters. The van der Waals surface area contributed by atoms with Crippen LogP contribution >= 0.6 is 0 Å². The van der Waals surface area contributed by atoms with E-state index in [1.807, 2.05) is 0 Å². The van der Waals surface area contributed by atoms with E-state index in [4.69, 9.17) is 5.11 Å². The Bertz CT molecular complexity index is 543. The summed E-state index contributed by atoms with van der Waals surface area (Å²) in [6.07, 6.45) is -0.582. The molecule has 1 aliphatic heterocycles. The number of carboxylic acids is 1. The molecule has 1 aromatic carbocycles. The van der Waals surface area contributed by atoms with Gasteiger partial charge in [0.25, 0.3) is 5.91 Å². The van der Waals surface area contributed by atoms with Gasteiger partial charge in [-0.3, -0.25) is 9.59 Å². The van der Waals surface area contributed by atoms with Gasteiger partial charge in [-0.25, -0.2) is 0 Å². The van der Waals surface area contributed by atoms with Gasteiger partial charge in [-0.05, 0) is 19.1 Å². The van der Waals surface area contributed by atoms with Crippen LogP contribution in [-0.2, 0) is 9.59 Å². The Balaban J connectivity index is 2.40. The number of carbonyl (C=O) groups excluding carboxylic acids is 1. The summed E-state index contributed by atoms with van der Waals surface area (Å²) in [4.78, 5) is 23.2. The van der Waals surface area contributed by atoms with E-state index < -0.39 is 23.8 Å². The maximum absolute atomic E-state index is 12.3. The molecule has 0 spiro atoms. The van der Waals surface area contributed by atoms with Gasteiger partial charge in [0.1, 0.15) is 0 Å². The molecule has 0 saturated carbocycles. The van der Waals surface area contributed by atoms with Crippen molar-refractivity contribution in [1.82, 2.24) is 5.48 Å². The Labute approximate surface area is 109 Å². The third kappa shape index (κ3) is 2.09. The van der Waals surface area contributed by atoms with Crippen LogP contribution < -0.4 is 10.5 Å². The molecule has 7 heteroatoms. The average molecular weight is 263 g/mol. The van der Waals surface area contributed by atoms with Crippen molar-refractivity contribution < 1.29 is 19.9 Å². The van der Waals surface area contributed by atoms with Crippen LogP contribution in [0.4, 0.5) is 5.69 Å². The zero-order valence-electron chi connectivity index (χ0n) is 10.2. The van der Waals surface area contributed by atoms with Gasteiger partial charge in [-0.1, -0.05) is 18.2 Å². The van der Waals surface area contributed by atoms with Crippen LogP contribution in [0.5, 0.6) is 0 Å². The second-order valence-electron chi connectivity index (χ2n) is 4.23. The predicted octanol–water partition coefficient (Wildman–Crippen LogP) is 0.601. The lowest BCUT2D eigenvalue weighted by Gasteiger charge is -2.24. The van der Waals surface area contributed by atoms with Crippen molar-refractivity contribution in [2.24, 2.45) is 5.10 Å². The maximum Gasteiger partial charge on any atom is 0.306 e. The summed E-state index contributed by atoms with van der Waals surface area (Å²) in [5, 5.41) is 23.2. The van der Waals surface area contributed by atoms with E-state index in [1.54, 1.807) is 35.8 Å². The number of amides is 1. The summed E-state index contributed by atoms with van der Waals surface area (Å²) in [5.41, 5.74) is 0.807. The van der Waals surface area contributed by atoms with Gasteiger partial charge in [0, 0.05) is 0 Å². The molecule has 0 saturated heterocycles. The van der Waals surface area contributed by atoms with Crippen LogP contribution in [0.25, 0.3) is 0 Å². The smallest absolute Gasteiger partial charge is 0.306 e. The third-order valence-corrected chi connectivity index (χ3v) is 3.03. The molecule has 0 aromatic heterocycles. The number of hydrazone groups is 1. The number of nitrogens with one attached hydrogen (secondary N) is 1. The van der Waals surface area contributed by atoms with E-state index in [1.165, 1.54) is 6.92 Å². The van der Waals surface area contributed by atoms with Gasteiger partial charge < -0.3 is 10.3 Å². The van der Waals surface area contributed by atoms with E-state index in [0.29, 0.717) is 5.69 Å². The molecule has 2 rings (SSSR count). The van der Waals surface area contributed by atoms with Gasteiger partial charge in [0.2, 0.25) is 0 Å². The lowest BCUT2D eigenvalue weighted by Crippen LogP contribution is -2.57. The molecule has 100 valence electrons. The van der Waals surface area contributed by atoms with Crippen molar-refractivity contribution in [3.05, 3.63) is 30.3 Å². The predicted molar refractivity (Wildman–Crippen MR) is 66.9 cm³/mol.